The molecule has 2 aromatic rings. The second-order valence-electron chi connectivity index (χ2n) is 6.02. The van der Waals surface area contributed by atoms with Crippen LogP contribution in [0.4, 0.5) is 10.2 Å². The number of carbonyl (C=O) groups excluding carboxylic acids is 1. The Morgan fingerprint density at radius 1 is 1.32 bits per heavy atom. The molecule has 0 radical (unpaired) electrons. The van der Waals surface area contributed by atoms with Crippen molar-refractivity contribution in [2.75, 3.05) is 12.3 Å². The second kappa shape index (κ2) is 5.05. The van der Waals surface area contributed by atoms with Crippen LogP contribution in [0.1, 0.15) is 29.8 Å². The van der Waals surface area contributed by atoms with Crippen LogP contribution in [0.5, 0.6) is 0 Å². The maximum atomic E-state index is 13.4. The number of halogens is 2. The van der Waals surface area contributed by atoms with Crippen molar-refractivity contribution in [3.05, 3.63) is 45.8 Å². The Morgan fingerprint density at radius 2 is 2.05 bits per heavy atom. The molecule has 0 unspecified atom stereocenters. The molecule has 3 rings (SSSR count). The third kappa shape index (κ3) is 2.37. The molecule has 0 fully saturated rings. The van der Waals surface area contributed by atoms with Crippen molar-refractivity contribution >= 4 is 27.7 Å². The molecule has 0 atom stereocenters. The predicted octanol–water partition coefficient (Wildman–Crippen LogP) is 3.25. The van der Waals surface area contributed by atoms with E-state index in [2.05, 4.69) is 40.1 Å². The number of carbonyl (C=O) groups is 1. The molecule has 3 N–H and O–H groups in total. The number of aromatic nitrogens is 1. The molecule has 0 spiro atoms. The minimum absolute atomic E-state index is 0.0766. The summed E-state index contributed by atoms with van der Waals surface area (Å²) in [5.41, 5.74) is 8.72. The predicted molar refractivity (Wildman–Crippen MR) is 87.1 cm³/mol. The molecule has 0 saturated carbocycles. The first-order chi connectivity index (χ1) is 10.3. The number of nitrogens with zero attached hydrogens (tertiary/aromatic N) is 1. The van der Waals surface area contributed by atoms with E-state index in [0.717, 1.165) is 11.1 Å². The Kier molecular flexibility index (Phi) is 3.44. The number of hydrogen-bond acceptors (Lipinski definition) is 3. The average Bonchev–Trinajstić information content (AvgIpc) is 2.47. The van der Waals surface area contributed by atoms with E-state index in [1.54, 1.807) is 18.2 Å². The highest BCUT2D eigenvalue weighted by molar-refractivity contribution is 9.10. The fraction of sp³-hybridized carbons (Fsp3) is 0.250. The van der Waals surface area contributed by atoms with Gasteiger partial charge in [0.1, 0.15) is 5.82 Å². The SMILES string of the molecule is CC1(C)CNC(=O)c2ccc(-c3cc(Br)c(F)nc3N)cc21. The number of hydrogen-bond donors (Lipinski definition) is 2. The highest BCUT2D eigenvalue weighted by Crippen LogP contribution is 2.35. The fourth-order valence-corrected chi connectivity index (χ4v) is 2.99. The zero-order chi connectivity index (χ0) is 16.1. The molecule has 1 aromatic heterocycles. The number of pyridine rings is 1. The first kappa shape index (κ1) is 15.0. The monoisotopic (exact) mass is 363 g/mol. The molecule has 0 bridgehead atoms. The maximum absolute atomic E-state index is 13.4. The minimum atomic E-state index is -0.640. The number of nitrogens with two attached hydrogens (primary N) is 1. The van der Waals surface area contributed by atoms with Crippen LogP contribution in [-0.4, -0.2) is 17.4 Å². The van der Waals surface area contributed by atoms with Crippen LogP contribution in [0, 0.1) is 5.95 Å². The lowest BCUT2D eigenvalue weighted by molar-refractivity contribution is 0.0930. The van der Waals surface area contributed by atoms with Gasteiger partial charge in [-0.25, -0.2) is 4.98 Å². The molecule has 1 aromatic carbocycles. The third-order valence-corrected chi connectivity index (χ3v) is 4.51. The summed E-state index contributed by atoms with van der Waals surface area (Å²) in [6.07, 6.45) is 0. The van der Waals surface area contributed by atoms with Gasteiger partial charge in [0.2, 0.25) is 5.95 Å². The molecule has 6 heteroatoms. The number of rotatable bonds is 1. The summed E-state index contributed by atoms with van der Waals surface area (Å²) in [7, 11) is 0. The molecule has 1 aliphatic heterocycles. The minimum Gasteiger partial charge on any atom is -0.383 e. The molecule has 114 valence electrons. The average molecular weight is 364 g/mol. The molecule has 22 heavy (non-hydrogen) atoms. The Labute approximate surface area is 136 Å². The summed E-state index contributed by atoms with van der Waals surface area (Å²) < 4.78 is 13.7. The van der Waals surface area contributed by atoms with Gasteiger partial charge in [0, 0.05) is 23.1 Å². The van der Waals surface area contributed by atoms with E-state index in [1.165, 1.54) is 0 Å². The number of benzene rings is 1. The molecule has 2 heterocycles. The van der Waals surface area contributed by atoms with E-state index >= 15 is 0 Å². The highest BCUT2D eigenvalue weighted by Gasteiger charge is 2.31. The number of anilines is 1. The summed E-state index contributed by atoms with van der Waals surface area (Å²) >= 11 is 3.13. The molecule has 1 amide bonds. The molecular formula is C16H15BrFN3O. The maximum Gasteiger partial charge on any atom is 0.251 e. The van der Waals surface area contributed by atoms with Crippen molar-refractivity contribution in [3.63, 3.8) is 0 Å². The summed E-state index contributed by atoms with van der Waals surface area (Å²) in [4.78, 5) is 15.7. The van der Waals surface area contributed by atoms with Crippen molar-refractivity contribution in [1.82, 2.24) is 10.3 Å². The Morgan fingerprint density at radius 3 is 2.77 bits per heavy atom. The van der Waals surface area contributed by atoms with E-state index in [9.17, 15) is 9.18 Å². The van der Waals surface area contributed by atoms with Crippen LogP contribution in [0.15, 0.2) is 28.7 Å². The quantitative estimate of drug-likeness (QED) is 0.764. The fourth-order valence-electron chi connectivity index (χ4n) is 2.67. The van der Waals surface area contributed by atoms with Crippen molar-refractivity contribution in [2.45, 2.75) is 19.3 Å². The Hall–Kier alpha value is -1.95. The van der Waals surface area contributed by atoms with Crippen molar-refractivity contribution in [1.29, 1.82) is 0 Å². The van der Waals surface area contributed by atoms with Gasteiger partial charge in [0.05, 0.1) is 4.47 Å². The lowest BCUT2D eigenvalue weighted by Gasteiger charge is -2.32. The van der Waals surface area contributed by atoms with Gasteiger partial charge in [-0.15, -0.1) is 0 Å². The molecular weight excluding hydrogens is 349 g/mol. The lowest BCUT2D eigenvalue weighted by Crippen LogP contribution is -2.43. The second-order valence-corrected chi connectivity index (χ2v) is 6.88. The highest BCUT2D eigenvalue weighted by atomic mass is 79.9. The summed E-state index contributed by atoms with van der Waals surface area (Å²) in [5, 5.41) is 2.88. The zero-order valence-corrected chi connectivity index (χ0v) is 13.8. The Balaban J connectivity index is 2.19. The topological polar surface area (TPSA) is 68.0 Å². The van der Waals surface area contributed by atoms with Gasteiger partial charge in [0.15, 0.2) is 0 Å². The van der Waals surface area contributed by atoms with E-state index in [0.29, 0.717) is 17.7 Å². The standard InChI is InChI=1S/C16H15BrFN3O/c1-16(2)7-20-15(22)9-4-3-8(5-11(9)16)10-6-12(17)13(18)21-14(10)19/h3-6H,7H2,1-2H3,(H2,19,21)(H,20,22). The van der Waals surface area contributed by atoms with E-state index < -0.39 is 5.95 Å². The number of amides is 1. The van der Waals surface area contributed by atoms with E-state index in [4.69, 9.17) is 5.73 Å². The first-order valence-electron chi connectivity index (χ1n) is 6.84. The van der Waals surface area contributed by atoms with Gasteiger partial charge in [-0.1, -0.05) is 19.9 Å². The summed E-state index contributed by atoms with van der Waals surface area (Å²) in [6, 6.07) is 7.12. The lowest BCUT2D eigenvalue weighted by atomic mass is 9.78. The van der Waals surface area contributed by atoms with Gasteiger partial charge in [0.25, 0.3) is 5.91 Å². The number of nitrogens with one attached hydrogen (secondary N) is 1. The van der Waals surface area contributed by atoms with Gasteiger partial charge >= 0.3 is 0 Å². The van der Waals surface area contributed by atoms with Crippen LogP contribution in [0.2, 0.25) is 0 Å². The van der Waals surface area contributed by atoms with E-state index in [-0.39, 0.29) is 21.6 Å². The van der Waals surface area contributed by atoms with Gasteiger partial charge < -0.3 is 11.1 Å². The van der Waals surface area contributed by atoms with Gasteiger partial charge in [-0.05, 0) is 45.3 Å². The Bertz CT molecular complexity index is 789. The largest absolute Gasteiger partial charge is 0.383 e. The van der Waals surface area contributed by atoms with E-state index in [1.807, 2.05) is 6.07 Å². The van der Waals surface area contributed by atoms with Crippen molar-refractivity contribution in [3.8, 4) is 11.1 Å². The molecule has 4 nitrogen and oxygen atoms in total. The van der Waals surface area contributed by atoms with Crippen LogP contribution in [0.25, 0.3) is 11.1 Å². The number of fused-ring (bicyclic) bond motifs is 1. The molecule has 0 aliphatic carbocycles. The summed E-state index contributed by atoms with van der Waals surface area (Å²) in [6.45, 7) is 4.71. The smallest absolute Gasteiger partial charge is 0.251 e. The molecule has 1 aliphatic rings. The zero-order valence-electron chi connectivity index (χ0n) is 12.2. The van der Waals surface area contributed by atoms with Crippen LogP contribution in [0.3, 0.4) is 0 Å². The van der Waals surface area contributed by atoms with Crippen molar-refractivity contribution < 1.29 is 9.18 Å². The van der Waals surface area contributed by atoms with Crippen LogP contribution >= 0.6 is 15.9 Å². The molecule has 0 saturated heterocycles. The summed E-state index contributed by atoms with van der Waals surface area (Å²) in [5.74, 6) is -0.593. The van der Waals surface area contributed by atoms with Gasteiger partial charge in [-0.3, -0.25) is 4.79 Å². The van der Waals surface area contributed by atoms with Crippen LogP contribution < -0.4 is 11.1 Å². The van der Waals surface area contributed by atoms with Gasteiger partial charge in [-0.2, -0.15) is 4.39 Å². The van der Waals surface area contributed by atoms with Crippen molar-refractivity contribution in [2.24, 2.45) is 0 Å². The normalized spacial score (nSPS) is 16.1. The first-order valence-corrected chi connectivity index (χ1v) is 7.63. The third-order valence-electron chi connectivity index (χ3n) is 3.96. The van der Waals surface area contributed by atoms with Crippen LogP contribution in [-0.2, 0) is 5.41 Å². The number of nitrogen functional groups attached to an aromatic ring is 1.